The number of hydrogen-bond donors (Lipinski definition) is 2. The average Bonchev–Trinajstić information content (AvgIpc) is 3.52. The van der Waals surface area contributed by atoms with Crippen LogP contribution in [0, 0.1) is 0 Å². The predicted octanol–water partition coefficient (Wildman–Crippen LogP) is 8.02. The van der Waals surface area contributed by atoms with Gasteiger partial charge in [0.1, 0.15) is 24.3 Å². The van der Waals surface area contributed by atoms with E-state index in [-0.39, 0.29) is 53.6 Å². The second-order valence-corrected chi connectivity index (χ2v) is 21.7. The standard InChI is InChI=1S/C46H60F2N5O7PS/c1-6-59-61(58,50-28(4)45(57)60-27(2)3)41(48)30-12-17-39-31(20-30)21-40(62-39)42(54)49-37-15-13-34(51(5)36-22-33(47)23-36)24-35-14-16-38(53(35)43(37)55)44(56)52-26-32(25-46(52)18-19-46)29-10-8-7-9-11-29/h7-12,17,20-21,27-28,32-38,41H,6,13-16,18-19,22-26H2,1-5H3,(H,49,54)(H,50,58)/t28-,32+,33?,34-,35+,36?,37-,38-,41-,61-/m0/s1. The van der Waals surface area contributed by atoms with E-state index >= 15 is 4.39 Å². The Morgan fingerprint density at radius 3 is 2.42 bits per heavy atom. The minimum absolute atomic E-state index is 0.00731. The third kappa shape index (κ3) is 8.98. The van der Waals surface area contributed by atoms with Crippen LogP contribution in [0.1, 0.15) is 125 Å². The first kappa shape index (κ1) is 44.8. The SMILES string of the molecule is CCO[P@](=O)(N[C@@H](C)C(=O)OC(C)C)[C@H](F)c1ccc2sc(C(=O)N[C@H]3CC[C@H](N(C)C4CC(F)C4)C[C@H]4CC[C@@H](C(=O)N5C[C@H](c6ccccc6)CC56CC6)N4C3=O)cc2c1. The molecule has 2 aromatic carbocycles. The van der Waals surface area contributed by atoms with Gasteiger partial charge in [-0.2, -0.15) is 0 Å². The van der Waals surface area contributed by atoms with Gasteiger partial charge in [-0.3, -0.25) is 23.7 Å². The lowest BCUT2D eigenvalue weighted by Crippen LogP contribution is -2.59. The Balaban J connectivity index is 1.02. The van der Waals surface area contributed by atoms with Gasteiger partial charge in [0.05, 0.1) is 17.6 Å². The number of likely N-dealkylation sites (tertiary alicyclic amines) is 1. The van der Waals surface area contributed by atoms with E-state index in [9.17, 15) is 28.1 Å². The third-order valence-electron chi connectivity index (χ3n) is 13.9. The van der Waals surface area contributed by atoms with Crippen molar-refractivity contribution < 1.29 is 41.8 Å². The number of esters is 1. The van der Waals surface area contributed by atoms with E-state index in [4.69, 9.17) is 9.26 Å². The number of rotatable bonds is 14. The molecule has 0 radical (unpaired) electrons. The molecule has 3 saturated heterocycles. The topological polar surface area (TPSA) is 138 Å². The molecule has 8 atom stereocenters. The van der Waals surface area contributed by atoms with Crippen LogP contribution >= 0.6 is 18.9 Å². The van der Waals surface area contributed by atoms with Crippen molar-refractivity contribution in [2.75, 3.05) is 20.2 Å². The zero-order chi connectivity index (χ0) is 44.1. The van der Waals surface area contributed by atoms with E-state index in [2.05, 4.69) is 32.3 Å². The van der Waals surface area contributed by atoms with Crippen LogP contribution in [0.15, 0.2) is 54.6 Å². The summed E-state index contributed by atoms with van der Waals surface area (Å²) in [4.78, 5) is 62.7. The second kappa shape index (κ2) is 18.0. The first-order chi connectivity index (χ1) is 29.6. The molecule has 0 unspecified atom stereocenters. The number of hydrogen-bond acceptors (Lipinski definition) is 9. The summed E-state index contributed by atoms with van der Waals surface area (Å²) >= 11 is 1.19. The zero-order valence-electron chi connectivity index (χ0n) is 36.3. The lowest BCUT2D eigenvalue weighted by atomic mass is 9.86. The molecule has 3 aliphatic heterocycles. The van der Waals surface area contributed by atoms with Crippen molar-refractivity contribution in [3.63, 3.8) is 0 Å². The molecule has 5 fully saturated rings. The molecule has 336 valence electrons. The van der Waals surface area contributed by atoms with Gasteiger partial charge in [0.2, 0.25) is 17.7 Å². The minimum Gasteiger partial charge on any atom is -0.462 e. The highest BCUT2D eigenvalue weighted by Gasteiger charge is 2.59. The number of thiophene rings is 1. The number of ether oxygens (including phenoxy) is 1. The molecule has 62 heavy (non-hydrogen) atoms. The Hall–Kier alpha value is -3.75. The molecule has 1 spiro atoms. The summed E-state index contributed by atoms with van der Waals surface area (Å²) in [5.74, 6) is -3.31. The minimum atomic E-state index is -4.27. The maximum atomic E-state index is 16.2. The van der Waals surface area contributed by atoms with Crippen molar-refractivity contribution in [3.05, 3.63) is 70.6 Å². The van der Waals surface area contributed by atoms with Crippen LogP contribution in [-0.4, -0.2) is 113 Å². The number of halogens is 2. The summed E-state index contributed by atoms with van der Waals surface area (Å²) in [5.41, 5.74) is 1.09. The van der Waals surface area contributed by atoms with Gasteiger partial charge in [-0.1, -0.05) is 36.4 Å². The predicted molar refractivity (Wildman–Crippen MR) is 234 cm³/mol. The monoisotopic (exact) mass is 895 g/mol. The third-order valence-corrected chi connectivity index (χ3v) is 17.3. The smallest absolute Gasteiger partial charge is 0.323 e. The summed E-state index contributed by atoms with van der Waals surface area (Å²) in [5, 5.41) is 6.13. The van der Waals surface area contributed by atoms with Gasteiger partial charge < -0.3 is 29.3 Å². The molecule has 3 amide bonds. The van der Waals surface area contributed by atoms with Crippen LogP contribution in [0.3, 0.4) is 0 Å². The van der Waals surface area contributed by atoms with Gasteiger partial charge in [0, 0.05) is 40.8 Å². The highest BCUT2D eigenvalue weighted by Crippen LogP contribution is 2.58. The number of alkyl halides is 2. The van der Waals surface area contributed by atoms with E-state index in [0.29, 0.717) is 66.5 Å². The largest absolute Gasteiger partial charge is 0.462 e. The van der Waals surface area contributed by atoms with E-state index < -0.39 is 55.7 Å². The molecule has 1 aromatic heterocycles. The van der Waals surface area contributed by atoms with Crippen molar-refractivity contribution in [1.82, 2.24) is 25.1 Å². The highest BCUT2D eigenvalue weighted by atomic mass is 32.1. The summed E-state index contributed by atoms with van der Waals surface area (Å²) in [7, 11) is -2.24. The summed E-state index contributed by atoms with van der Waals surface area (Å²) in [6.45, 7) is 6.92. The van der Waals surface area contributed by atoms with Crippen molar-refractivity contribution in [2.24, 2.45) is 0 Å². The van der Waals surface area contributed by atoms with Gasteiger partial charge >= 0.3 is 13.5 Å². The fourth-order valence-electron chi connectivity index (χ4n) is 10.3. The van der Waals surface area contributed by atoms with Crippen LogP contribution in [-0.2, 0) is 28.2 Å². The zero-order valence-corrected chi connectivity index (χ0v) is 38.0. The Morgan fingerprint density at radius 1 is 1.00 bits per heavy atom. The molecular formula is C46H60F2N5O7PS. The van der Waals surface area contributed by atoms with E-state index in [0.717, 1.165) is 19.3 Å². The first-order valence-corrected chi connectivity index (χ1v) is 24.9. The van der Waals surface area contributed by atoms with Gasteiger partial charge in [0.25, 0.3) is 5.91 Å². The Morgan fingerprint density at radius 2 is 1.74 bits per heavy atom. The van der Waals surface area contributed by atoms with Crippen LogP contribution < -0.4 is 10.4 Å². The highest BCUT2D eigenvalue weighted by molar-refractivity contribution is 7.57. The van der Waals surface area contributed by atoms with Gasteiger partial charge in [-0.05, 0) is 134 Å². The molecule has 2 saturated carbocycles. The molecular weight excluding hydrogens is 836 g/mol. The summed E-state index contributed by atoms with van der Waals surface area (Å²) < 4.78 is 55.5. The second-order valence-electron chi connectivity index (χ2n) is 18.5. The molecule has 5 aliphatic rings. The lowest BCUT2D eigenvalue weighted by molar-refractivity contribution is -0.149. The van der Waals surface area contributed by atoms with E-state index in [1.807, 2.05) is 25.2 Å². The van der Waals surface area contributed by atoms with Crippen molar-refractivity contribution in [2.45, 2.75) is 158 Å². The molecule has 3 aromatic rings. The number of amides is 3. The molecule has 0 bridgehead atoms. The lowest BCUT2D eigenvalue weighted by Gasteiger charge is -2.45. The summed E-state index contributed by atoms with van der Waals surface area (Å²) in [6.07, 6.45) is 5.41. The number of carbonyl (C=O) groups is 4. The number of nitrogens with zero attached hydrogens (tertiary/aromatic N) is 3. The Labute approximate surface area is 366 Å². The van der Waals surface area contributed by atoms with Crippen molar-refractivity contribution >= 4 is 52.6 Å². The Bertz CT molecular complexity index is 2200. The molecule has 8 rings (SSSR count). The van der Waals surface area contributed by atoms with Crippen molar-refractivity contribution in [1.29, 1.82) is 0 Å². The van der Waals surface area contributed by atoms with Crippen LogP contribution in [0.2, 0.25) is 0 Å². The quantitative estimate of drug-likeness (QED) is 0.122. The summed E-state index contributed by atoms with van der Waals surface area (Å²) in [6, 6.07) is 13.9. The maximum Gasteiger partial charge on any atom is 0.323 e. The Kier molecular flexibility index (Phi) is 13.0. The molecule has 4 heterocycles. The van der Waals surface area contributed by atoms with Gasteiger partial charge in [0.15, 0.2) is 0 Å². The molecule has 16 heteroatoms. The number of fused-ring (bicyclic) bond motifs is 2. The molecule has 12 nitrogen and oxygen atoms in total. The number of carbonyl (C=O) groups excluding carboxylic acids is 4. The average molecular weight is 896 g/mol. The van der Waals surface area contributed by atoms with Gasteiger partial charge in [-0.15, -0.1) is 11.3 Å². The first-order valence-electron chi connectivity index (χ1n) is 22.3. The van der Waals surface area contributed by atoms with Crippen LogP contribution in [0.4, 0.5) is 8.78 Å². The molecule has 2 aliphatic carbocycles. The fourth-order valence-corrected chi connectivity index (χ4v) is 13.2. The molecule has 2 N–H and O–H groups in total. The number of nitrogens with one attached hydrogen (secondary N) is 2. The fraction of sp³-hybridized carbons (Fsp3) is 0.609. The van der Waals surface area contributed by atoms with Crippen LogP contribution in [0.5, 0.6) is 0 Å². The maximum absolute atomic E-state index is 16.2. The van der Waals surface area contributed by atoms with E-state index in [1.54, 1.807) is 37.8 Å². The number of benzene rings is 2. The van der Waals surface area contributed by atoms with Crippen LogP contribution in [0.25, 0.3) is 10.1 Å². The normalized spacial score (nSPS) is 28.9. The van der Waals surface area contributed by atoms with Gasteiger partial charge in [-0.25, -0.2) is 13.9 Å². The van der Waals surface area contributed by atoms with E-state index in [1.165, 1.54) is 36.0 Å². The van der Waals surface area contributed by atoms with Crippen molar-refractivity contribution in [3.8, 4) is 0 Å².